The predicted molar refractivity (Wildman–Crippen MR) is 72.5 cm³/mol. The Morgan fingerprint density at radius 2 is 1.94 bits per heavy atom. The van der Waals surface area contributed by atoms with Crippen molar-refractivity contribution in [1.29, 1.82) is 0 Å². The van der Waals surface area contributed by atoms with Gasteiger partial charge < -0.3 is 10.1 Å². The van der Waals surface area contributed by atoms with Gasteiger partial charge in [-0.1, -0.05) is 24.3 Å². The van der Waals surface area contributed by atoms with Crippen LogP contribution in [0.2, 0.25) is 0 Å². The molecule has 1 heterocycles. The van der Waals surface area contributed by atoms with Gasteiger partial charge in [0.15, 0.2) is 0 Å². The van der Waals surface area contributed by atoms with E-state index in [0.717, 1.165) is 23.6 Å². The molecule has 3 heteroatoms. The molecule has 0 aliphatic carbocycles. The fourth-order valence-corrected chi connectivity index (χ4v) is 1.85. The number of pyridine rings is 1. The highest BCUT2D eigenvalue weighted by molar-refractivity contribution is 5.33. The van der Waals surface area contributed by atoms with Crippen LogP contribution < -0.4 is 10.1 Å². The number of hydrogen-bond donors (Lipinski definition) is 1. The summed E-state index contributed by atoms with van der Waals surface area (Å²) in [5.74, 6) is 0.915. The van der Waals surface area contributed by atoms with E-state index in [9.17, 15) is 0 Å². The van der Waals surface area contributed by atoms with E-state index < -0.39 is 0 Å². The summed E-state index contributed by atoms with van der Waals surface area (Å²) >= 11 is 0. The van der Waals surface area contributed by atoms with Crippen LogP contribution in [0.5, 0.6) is 5.75 Å². The van der Waals surface area contributed by atoms with E-state index in [-0.39, 0.29) is 6.04 Å². The third kappa shape index (κ3) is 3.08. The third-order valence-electron chi connectivity index (χ3n) is 2.92. The van der Waals surface area contributed by atoms with Gasteiger partial charge in [-0.25, -0.2) is 0 Å². The number of aromatic nitrogens is 1. The van der Waals surface area contributed by atoms with Crippen molar-refractivity contribution in [2.75, 3.05) is 7.11 Å². The molecule has 94 valence electrons. The number of para-hydroxylation sites is 1. The van der Waals surface area contributed by atoms with E-state index in [1.54, 1.807) is 7.11 Å². The van der Waals surface area contributed by atoms with E-state index in [1.807, 2.05) is 42.6 Å². The highest BCUT2D eigenvalue weighted by atomic mass is 16.5. The third-order valence-corrected chi connectivity index (χ3v) is 2.92. The van der Waals surface area contributed by atoms with Crippen LogP contribution >= 0.6 is 0 Å². The van der Waals surface area contributed by atoms with Crippen molar-refractivity contribution in [3.63, 3.8) is 0 Å². The minimum Gasteiger partial charge on any atom is -0.496 e. The normalized spacial score (nSPS) is 12.1. The first-order valence-corrected chi connectivity index (χ1v) is 6.07. The van der Waals surface area contributed by atoms with Crippen LogP contribution in [0.4, 0.5) is 0 Å². The molecule has 0 aliphatic rings. The van der Waals surface area contributed by atoms with Crippen LogP contribution in [0.1, 0.15) is 24.2 Å². The molecule has 0 fully saturated rings. The molecule has 0 amide bonds. The zero-order valence-corrected chi connectivity index (χ0v) is 10.8. The summed E-state index contributed by atoms with van der Waals surface area (Å²) in [6.07, 6.45) is 1.82. The summed E-state index contributed by atoms with van der Waals surface area (Å²) in [5.41, 5.74) is 2.20. The molecule has 0 saturated carbocycles. The summed E-state index contributed by atoms with van der Waals surface area (Å²) in [5, 5.41) is 3.45. The van der Waals surface area contributed by atoms with Crippen LogP contribution in [0, 0.1) is 0 Å². The Hall–Kier alpha value is -1.87. The molecule has 0 spiro atoms. The first kappa shape index (κ1) is 12.6. The first-order chi connectivity index (χ1) is 8.81. The monoisotopic (exact) mass is 242 g/mol. The number of nitrogens with zero attached hydrogens (tertiary/aromatic N) is 1. The van der Waals surface area contributed by atoms with Crippen LogP contribution in [-0.4, -0.2) is 12.1 Å². The smallest absolute Gasteiger partial charge is 0.123 e. The van der Waals surface area contributed by atoms with Gasteiger partial charge in [0.25, 0.3) is 0 Å². The van der Waals surface area contributed by atoms with Crippen LogP contribution in [0.3, 0.4) is 0 Å². The minimum absolute atomic E-state index is 0.219. The Balaban J connectivity index is 1.99. The molecule has 0 radical (unpaired) electrons. The molecule has 3 nitrogen and oxygen atoms in total. The van der Waals surface area contributed by atoms with Crippen molar-refractivity contribution in [2.45, 2.75) is 19.5 Å². The van der Waals surface area contributed by atoms with Crippen LogP contribution in [0.25, 0.3) is 0 Å². The maximum Gasteiger partial charge on any atom is 0.123 e. The van der Waals surface area contributed by atoms with E-state index in [4.69, 9.17) is 4.74 Å². The largest absolute Gasteiger partial charge is 0.496 e. The van der Waals surface area contributed by atoms with Gasteiger partial charge in [0.2, 0.25) is 0 Å². The van der Waals surface area contributed by atoms with Crippen LogP contribution in [0.15, 0.2) is 48.7 Å². The van der Waals surface area contributed by atoms with E-state index in [2.05, 4.69) is 23.3 Å². The van der Waals surface area contributed by atoms with Gasteiger partial charge >= 0.3 is 0 Å². The SMILES string of the molecule is COc1ccccc1CN[C@H](C)c1ccccn1. The summed E-state index contributed by atoms with van der Waals surface area (Å²) in [6, 6.07) is 14.2. The zero-order valence-electron chi connectivity index (χ0n) is 10.8. The molecular formula is C15H18N2O. The van der Waals surface area contributed by atoms with E-state index in [1.165, 1.54) is 0 Å². The standard InChI is InChI=1S/C15H18N2O/c1-12(14-8-5-6-10-16-14)17-11-13-7-3-4-9-15(13)18-2/h3-10,12,17H,11H2,1-2H3/t12-/m1/s1. The molecule has 18 heavy (non-hydrogen) atoms. The maximum absolute atomic E-state index is 5.33. The number of hydrogen-bond acceptors (Lipinski definition) is 3. The minimum atomic E-state index is 0.219. The lowest BCUT2D eigenvalue weighted by molar-refractivity contribution is 0.406. The average Bonchev–Trinajstić information content (AvgIpc) is 2.46. The first-order valence-electron chi connectivity index (χ1n) is 6.07. The Morgan fingerprint density at radius 1 is 1.17 bits per heavy atom. The number of methoxy groups -OCH3 is 1. The summed E-state index contributed by atoms with van der Waals surface area (Å²) in [4.78, 5) is 4.34. The molecular weight excluding hydrogens is 224 g/mol. The van der Waals surface area contributed by atoms with E-state index >= 15 is 0 Å². The molecule has 0 bridgehead atoms. The lowest BCUT2D eigenvalue weighted by Crippen LogP contribution is -2.19. The molecule has 1 aromatic heterocycles. The Labute approximate surface area is 108 Å². The van der Waals surface area contributed by atoms with Gasteiger partial charge in [0, 0.05) is 24.3 Å². The zero-order chi connectivity index (χ0) is 12.8. The van der Waals surface area contributed by atoms with Crippen molar-refractivity contribution in [3.05, 3.63) is 59.9 Å². The molecule has 0 unspecified atom stereocenters. The highest BCUT2D eigenvalue weighted by Gasteiger charge is 2.07. The highest BCUT2D eigenvalue weighted by Crippen LogP contribution is 2.18. The van der Waals surface area contributed by atoms with Crippen molar-refractivity contribution in [1.82, 2.24) is 10.3 Å². The van der Waals surface area contributed by atoms with Gasteiger partial charge in [-0.2, -0.15) is 0 Å². The second kappa shape index (κ2) is 6.17. The summed E-state index contributed by atoms with van der Waals surface area (Å²) in [6.45, 7) is 2.87. The summed E-state index contributed by atoms with van der Waals surface area (Å²) in [7, 11) is 1.70. The maximum atomic E-state index is 5.33. The second-order valence-corrected chi connectivity index (χ2v) is 4.17. The number of ether oxygens (including phenoxy) is 1. The number of nitrogens with one attached hydrogen (secondary N) is 1. The molecule has 2 aromatic rings. The van der Waals surface area contributed by atoms with Crippen molar-refractivity contribution >= 4 is 0 Å². The lowest BCUT2D eigenvalue weighted by atomic mass is 10.1. The number of benzene rings is 1. The topological polar surface area (TPSA) is 34.1 Å². The Morgan fingerprint density at radius 3 is 2.67 bits per heavy atom. The van der Waals surface area contributed by atoms with E-state index in [0.29, 0.717) is 0 Å². The van der Waals surface area contributed by atoms with Crippen molar-refractivity contribution in [3.8, 4) is 5.75 Å². The molecule has 1 N–H and O–H groups in total. The van der Waals surface area contributed by atoms with Gasteiger partial charge in [0.05, 0.1) is 12.8 Å². The fraction of sp³-hybridized carbons (Fsp3) is 0.267. The lowest BCUT2D eigenvalue weighted by Gasteiger charge is -2.14. The fourth-order valence-electron chi connectivity index (χ4n) is 1.85. The molecule has 0 aliphatic heterocycles. The van der Waals surface area contributed by atoms with Gasteiger partial charge in [0.1, 0.15) is 5.75 Å². The molecule has 1 atom stereocenters. The second-order valence-electron chi connectivity index (χ2n) is 4.17. The molecule has 0 saturated heterocycles. The molecule has 1 aromatic carbocycles. The number of rotatable bonds is 5. The van der Waals surface area contributed by atoms with Crippen molar-refractivity contribution < 1.29 is 4.74 Å². The molecule has 2 rings (SSSR count). The summed E-state index contributed by atoms with van der Waals surface area (Å²) < 4.78 is 5.33. The van der Waals surface area contributed by atoms with Gasteiger partial charge in [-0.3, -0.25) is 4.98 Å². The van der Waals surface area contributed by atoms with Crippen molar-refractivity contribution in [2.24, 2.45) is 0 Å². The van der Waals surface area contributed by atoms with Gasteiger partial charge in [-0.15, -0.1) is 0 Å². The predicted octanol–water partition coefficient (Wildman–Crippen LogP) is 2.94. The Kier molecular flexibility index (Phi) is 4.31. The van der Waals surface area contributed by atoms with Gasteiger partial charge in [-0.05, 0) is 25.1 Å². The van der Waals surface area contributed by atoms with Crippen LogP contribution in [-0.2, 0) is 6.54 Å². The average molecular weight is 242 g/mol. The quantitative estimate of drug-likeness (QED) is 0.875. The Bertz CT molecular complexity index is 485.